The minimum Gasteiger partial charge on any atom is -0.464 e. The number of rotatable bonds is 10. The summed E-state index contributed by atoms with van der Waals surface area (Å²) in [7, 11) is 2.90. The summed E-state index contributed by atoms with van der Waals surface area (Å²) in [4.78, 5) is 81.0. The van der Waals surface area contributed by atoms with E-state index < -0.39 is 83.5 Å². The van der Waals surface area contributed by atoms with Crippen LogP contribution >= 0.6 is 11.3 Å². The number of aromatic nitrogens is 3. The van der Waals surface area contributed by atoms with Crippen molar-refractivity contribution in [3.63, 3.8) is 0 Å². The SMILES string of the molecule is C=CC(=O)N1CCC(O)(C(=O)N(C)[C@H](C(=O)N[C@H]2Cc3csc(n3)-c3ccc4c(c3)c(c(-c3cccnc3[C@H](C)OC)n4CC(F)(F)F)CC(C)(C)COC(=O)[C@@H]3CCCN(N3)C2=O)C(C)C)C1. The van der Waals surface area contributed by atoms with Crippen LogP contribution in [-0.2, 0) is 52.8 Å². The van der Waals surface area contributed by atoms with Crippen LogP contribution in [0, 0.1) is 11.3 Å². The van der Waals surface area contributed by atoms with E-state index in [4.69, 9.17) is 14.5 Å². The number of thiazole rings is 1. The Hall–Kier alpha value is -5.70. The number of cyclic esters (lactones) is 1. The Morgan fingerprint density at radius 2 is 1.93 bits per heavy atom. The van der Waals surface area contributed by atoms with Crippen LogP contribution in [-0.4, -0.2) is 134 Å². The summed E-state index contributed by atoms with van der Waals surface area (Å²) < 4.78 is 56.8. The molecule has 3 aliphatic rings. The molecule has 68 heavy (non-hydrogen) atoms. The van der Waals surface area contributed by atoms with Crippen LogP contribution < -0.4 is 10.7 Å². The molecule has 6 heterocycles. The number of benzene rings is 1. The number of alkyl halides is 3. The minimum atomic E-state index is -4.61. The number of esters is 1. The number of aliphatic hydroxyl groups is 1. The number of β-amino-alcohol motifs (C(OH)–C–C–N with tert-alkyl or cyclic N) is 1. The van der Waals surface area contributed by atoms with E-state index in [9.17, 15) is 42.3 Å². The number of nitrogens with one attached hydrogen (secondary N) is 2. The van der Waals surface area contributed by atoms with E-state index in [-0.39, 0.29) is 45.5 Å². The lowest BCUT2D eigenvalue weighted by Gasteiger charge is -2.37. The Kier molecular flexibility index (Phi) is 14.6. The van der Waals surface area contributed by atoms with Crippen LogP contribution in [0.4, 0.5) is 13.2 Å². The number of methoxy groups -OCH3 is 1. The number of likely N-dealkylation sites (tertiary alicyclic amines) is 1. The fourth-order valence-electron chi connectivity index (χ4n) is 9.51. The molecule has 5 atom stereocenters. The van der Waals surface area contributed by atoms with E-state index in [1.807, 2.05) is 13.8 Å². The minimum absolute atomic E-state index is 0.0505. The average molecular weight is 965 g/mol. The normalized spacial score (nSPS) is 22.1. The average Bonchev–Trinajstić information content (AvgIpc) is 4.02. The first kappa shape index (κ1) is 50.2. The summed E-state index contributed by atoms with van der Waals surface area (Å²) >= 11 is 1.26. The van der Waals surface area contributed by atoms with E-state index >= 15 is 0 Å². The third kappa shape index (κ3) is 10.5. The summed E-state index contributed by atoms with van der Waals surface area (Å²) in [6.07, 6.45) is -1.75. The molecule has 366 valence electrons. The molecule has 0 spiro atoms. The molecule has 3 aromatic heterocycles. The predicted octanol–water partition coefficient (Wildman–Crippen LogP) is 5.38. The van der Waals surface area contributed by atoms with Crippen molar-refractivity contribution >= 4 is 51.8 Å². The summed E-state index contributed by atoms with van der Waals surface area (Å²) in [5.41, 5.74) is 3.37. The topological polar surface area (TPSA) is 189 Å². The van der Waals surface area contributed by atoms with Gasteiger partial charge in [-0.25, -0.2) is 10.4 Å². The van der Waals surface area contributed by atoms with Gasteiger partial charge in [0.2, 0.25) is 11.8 Å². The molecule has 3 aliphatic heterocycles. The number of hydrazine groups is 1. The van der Waals surface area contributed by atoms with E-state index in [1.165, 1.54) is 40.0 Å². The maximum absolute atomic E-state index is 14.6. The first-order valence-corrected chi connectivity index (χ1v) is 23.5. The second-order valence-corrected chi connectivity index (χ2v) is 20.0. The Morgan fingerprint density at radius 1 is 1.18 bits per heavy atom. The van der Waals surface area contributed by atoms with Crippen molar-refractivity contribution in [1.29, 1.82) is 0 Å². The molecule has 7 rings (SSSR count). The lowest BCUT2D eigenvalue weighted by Crippen LogP contribution is -2.63. The molecule has 16 nitrogen and oxygen atoms in total. The van der Waals surface area contributed by atoms with Crippen molar-refractivity contribution in [2.75, 3.05) is 40.4 Å². The smallest absolute Gasteiger partial charge is 0.406 e. The van der Waals surface area contributed by atoms with Gasteiger partial charge in [-0.1, -0.05) is 34.3 Å². The number of likely N-dealkylation sites (N-methyl/N-ethyl adjacent to an activating group) is 1. The van der Waals surface area contributed by atoms with Crippen molar-refractivity contribution in [1.82, 2.24) is 40.1 Å². The Labute approximate surface area is 396 Å². The van der Waals surface area contributed by atoms with Gasteiger partial charge in [-0.15, -0.1) is 11.3 Å². The van der Waals surface area contributed by atoms with Crippen LogP contribution in [0.2, 0.25) is 0 Å². The monoisotopic (exact) mass is 964 g/mol. The van der Waals surface area contributed by atoms with Crippen LogP contribution in [0.15, 0.2) is 54.6 Å². The first-order chi connectivity index (χ1) is 32.0. The van der Waals surface area contributed by atoms with Crippen molar-refractivity contribution in [2.45, 2.75) is 109 Å². The molecule has 0 aliphatic carbocycles. The van der Waals surface area contributed by atoms with Crippen LogP contribution in [0.3, 0.4) is 0 Å². The highest BCUT2D eigenvalue weighted by Crippen LogP contribution is 2.43. The second kappa shape index (κ2) is 19.7. The number of hydrogen-bond donors (Lipinski definition) is 3. The van der Waals surface area contributed by atoms with Crippen molar-refractivity contribution < 1.29 is 51.7 Å². The highest BCUT2D eigenvalue weighted by Gasteiger charge is 2.48. The maximum Gasteiger partial charge on any atom is 0.406 e. The van der Waals surface area contributed by atoms with Crippen molar-refractivity contribution in [3.05, 3.63) is 71.5 Å². The van der Waals surface area contributed by atoms with Crippen LogP contribution in [0.5, 0.6) is 0 Å². The van der Waals surface area contributed by atoms with Crippen molar-refractivity contribution in [3.8, 4) is 21.8 Å². The Bertz CT molecular complexity index is 2600. The van der Waals surface area contributed by atoms with Gasteiger partial charge >= 0.3 is 12.1 Å². The first-order valence-electron chi connectivity index (χ1n) is 22.6. The van der Waals surface area contributed by atoms with Gasteiger partial charge in [-0.3, -0.25) is 34.0 Å². The number of hydrogen-bond acceptors (Lipinski definition) is 12. The van der Waals surface area contributed by atoms with E-state index in [2.05, 4.69) is 22.3 Å². The van der Waals surface area contributed by atoms with Gasteiger partial charge in [0.05, 0.1) is 36.3 Å². The van der Waals surface area contributed by atoms with Gasteiger partial charge in [-0.2, -0.15) is 13.2 Å². The van der Waals surface area contributed by atoms with Crippen LogP contribution in [0.25, 0.3) is 32.7 Å². The number of halogens is 3. The summed E-state index contributed by atoms with van der Waals surface area (Å²) in [6.45, 7) is 11.1. The third-order valence-corrected chi connectivity index (χ3v) is 13.9. The molecule has 6 bridgehead atoms. The third-order valence-electron chi connectivity index (χ3n) is 12.9. The number of carbonyl (C=O) groups is 5. The second-order valence-electron chi connectivity index (χ2n) is 19.1. The number of nitrogens with zero attached hydrogens (tertiary/aromatic N) is 6. The summed E-state index contributed by atoms with van der Waals surface area (Å²) in [6, 6.07) is 5.16. The highest BCUT2D eigenvalue weighted by molar-refractivity contribution is 7.13. The van der Waals surface area contributed by atoms with Gasteiger partial charge in [-0.05, 0) is 74.1 Å². The van der Waals surface area contributed by atoms with Gasteiger partial charge in [0.1, 0.15) is 29.7 Å². The molecule has 1 unspecified atom stereocenters. The zero-order valence-electron chi connectivity index (χ0n) is 39.3. The molecular formula is C48H59F3N8O8S. The molecule has 1 aromatic carbocycles. The molecule has 3 N–H and O–H groups in total. The molecule has 2 saturated heterocycles. The summed E-state index contributed by atoms with van der Waals surface area (Å²) in [5, 5.41) is 18.4. The zero-order valence-corrected chi connectivity index (χ0v) is 40.1. The molecule has 0 radical (unpaired) electrons. The number of fused-ring (bicyclic) bond motifs is 6. The standard InChI is InChI=1S/C48H59F3N8O8S/c1-9-37(60)57-19-16-47(65,24-57)45(64)56(7)39(27(2)3)41(61)54-35-21-30-23-68-42(53-30)29-14-15-36-32(20-29)33(22-46(5,6)26-67-44(63)34-13-11-18-59(55-34)43(35)62)40(58(36)25-48(49,50)51)31-12-10-17-52-38(31)28(4)66-8/h9-10,12,14-15,17,20,23,27-28,34-35,39,55,65H,1,11,13,16,18-19,21-22,24-26H2,2-8H3,(H,54,61)/t28-,34-,35-,39-,47?/m0/s1. The maximum atomic E-state index is 14.6. The lowest BCUT2D eigenvalue weighted by molar-refractivity contribution is -0.156. The fraction of sp³-hybridized carbons (Fsp3) is 0.521. The van der Waals surface area contributed by atoms with Gasteiger partial charge in [0, 0.05) is 79.1 Å². The fourth-order valence-corrected chi connectivity index (χ4v) is 10.3. The molecule has 20 heteroatoms. The largest absolute Gasteiger partial charge is 0.464 e. The molecule has 2 fully saturated rings. The van der Waals surface area contributed by atoms with Gasteiger partial charge < -0.3 is 34.3 Å². The Morgan fingerprint density at radius 3 is 2.62 bits per heavy atom. The lowest BCUT2D eigenvalue weighted by atomic mass is 9.84. The highest BCUT2D eigenvalue weighted by atomic mass is 32.1. The Balaban J connectivity index is 1.30. The number of carbonyl (C=O) groups excluding carboxylic acids is 5. The predicted molar refractivity (Wildman–Crippen MR) is 247 cm³/mol. The van der Waals surface area contributed by atoms with Crippen molar-refractivity contribution in [2.24, 2.45) is 11.3 Å². The molecule has 0 saturated carbocycles. The van der Waals surface area contributed by atoms with E-state index in [0.717, 1.165) is 11.0 Å². The zero-order chi connectivity index (χ0) is 49.5. The van der Waals surface area contributed by atoms with E-state index in [0.29, 0.717) is 62.5 Å². The van der Waals surface area contributed by atoms with Gasteiger partial charge in [0.25, 0.3) is 11.8 Å². The number of ether oxygens (including phenoxy) is 2. The van der Waals surface area contributed by atoms with Crippen LogP contribution in [0.1, 0.15) is 76.9 Å². The molecular weight excluding hydrogens is 906 g/mol. The quantitative estimate of drug-likeness (QED) is 0.137. The summed E-state index contributed by atoms with van der Waals surface area (Å²) in [5.74, 6) is -3.60. The van der Waals surface area contributed by atoms with E-state index in [1.54, 1.807) is 62.7 Å². The number of pyridine rings is 1. The molecule has 4 aromatic rings. The number of amides is 4. The molecule has 4 amide bonds. The van der Waals surface area contributed by atoms with Gasteiger partial charge in [0.15, 0.2) is 5.60 Å².